The molecule has 2 atom stereocenters. The van der Waals surface area contributed by atoms with E-state index in [-0.39, 0.29) is 25.0 Å². The van der Waals surface area contributed by atoms with Crippen LogP contribution in [0.2, 0.25) is 0 Å². The van der Waals surface area contributed by atoms with Crippen LogP contribution in [0.15, 0.2) is 54.6 Å². The van der Waals surface area contributed by atoms with Crippen molar-refractivity contribution >= 4 is 27.5 Å². The summed E-state index contributed by atoms with van der Waals surface area (Å²) >= 11 is 0. The van der Waals surface area contributed by atoms with Gasteiger partial charge in [0.25, 0.3) is 0 Å². The maximum Gasteiger partial charge on any atom is 0.244 e. The van der Waals surface area contributed by atoms with Crippen LogP contribution in [0, 0.1) is 6.92 Å². The summed E-state index contributed by atoms with van der Waals surface area (Å²) in [6, 6.07) is 15.5. The Hall–Kier alpha value is -2.87. The topological polar surface area (TPSA) is 86.8 Å². The van der Waals surface area contributed by atoms with Gasteiger partial charge in [0.05, 0.1) is 11.9 Å². The van der Waals surface area contributed by atoms with E-state index in [1.165, 1.54) is 4.90 Å². The number of nitrogens with one attached hydrogen (secondary N) is 1. The third-order valence-electron chi connectivity index (χ3n) is 5.58. The molecule has 0 fully saturated rings. The molecule has 0 radical (unpaired) electrons. The average Bonchev–Trinajstić information content (AvgIpc) is 2.78. The van der Waals surface area contributed by atoms with E-state index in [0.29, 0.717) is 12.1 Å². The van der Waals surface area contributed by atoms with Crippen LogP contribution in [0.25, 0.3) is 0 Å². The first kappa shape index (κ1) is 26.4. The zero-order chi connectivity index (χ0) is 24.6. The molecule has 2 amide bonds. The molecule has 33 heavy (non-hydrogen) atoms. The number of sulfonamides is 1. The van der Waals surface area contributed by atoms with Crippen molar-refractivity contribution in [1.82, 2.24) is 10.2 Å². The first-order chi connectivity index (χ1) is 15.6. The number of aryl methyl sites for hydroxylation is 1. The number of hydrogen-bond acceptors (Lipinski definition) is 4. The van der Waals surface area contributed by atoms with E-state index < -0.39 is 22.0 Å². The molecule has 8 heteroatoms. The van der Waals surface area contributed by atoms with Crippen LogP contribution in [0.4, 0.5) is 5.69 Å². The summed E-state index contributed by atoms with van der Waals surface area (Å²) in [5.74, 6) is -0.672. The highest BCUT2D eigenvalue weighted by atomic mass is 32.2. The minimum Gasteiger partial charge on any atom is -0.352 e. The molecule has 0 spiro atoms. The molecular formula is C25H35N3O4S. The van der Waals surface area contributed by atoms with Gasteiger partial charge < -0.3 is 10.2 Å². The van der Waals surface area contributed by atoms with Crippen LogP contribution < -0.4 is 9.62 Å². The lowest BCUT2D eigenvalue weighted by Gasteiger charge is -2.33. The minimum absolute atomic E-state index is 0.0280. The van der Waals surface area contributed by atoms with Crippen LogP contribution in [-0.4, -0.2) is 50.0 Å². The Morgan fingerprint density at radius 2 is 1.58 bits per heavy atom. The Bertz CT molecular complexity index is 1020. The van der Waals surface area contributed by atoms with E-state index in [1.807, 2.05) is 52.0 Å². The van der Waals surface area contributed by atoms with E-state index in [2.05, 4.69) is 5.32 Å². The molecule has 2 aromatic rings. The molecule has 0 aliphatic carbocycles. The molecule has 0 saturated heterocycles. The summed E-state index contributed by atoms with van der Waals surface area (Å²) in [7, 11) is -3.72. The third-order valence-corrected chi connectivity index (χ3v) is 6.72. The predicted octanol–water partition coefficient (Wildman–Crippen LogP) is 3.48. The Morgan fingerprint density at radius 1 is 0.970 bits per heavy atom. The molecule has 0 aliphatic heterocycles. The third kappa shape index (κ3) is 7.60. The van der Waals surface area contributed by atoms with Gasteiger partial charge >= 0.3 is 0 Å². The maximum atomic E-state index is 13.5. The summed E-state index contributed by atoms with van der Waals surface area (Å²) in [5.41, 5.74) is 2.36. The molecule has 0 unspecified atom stereocenters. The fourth-order valence-corrected chi connectivity index (χ4v) is 4.31. The summed E-state index contributed by atoms with van der Waals surface area (Å²) < 4.78 is 26.1. The molecule has 7 nitrogen and oxygen atoms in total. The van der Waals surface area contributed by atoms with Crippen LogP contribution in [-0.2, 0) is 26.2 Å². The second-order valence-electron chi connectivity index (χ2n) is 8.35. The maximum absolute atomic E-state index is 13.5. The number of hydrogen-bond donors (Lipinski definition) is 1. The first-order valence-electron chi connectivity index (χ1n) is 11.2. The van der Waals surface area contributed by atoms with Crippen LogP contribution in [0.3, 0.4) is 0 Å². The quantitative estimate of drug-likeness (QED) is 0.541. The minimum atomic E-state index is -3.72. The number of nitrogens with zero attached hydrogens (tertiary/aromatic N) is 2. The van der Waals surface area contributed by atoms with Gasteiger partial charge in [-0.15, -0.1) is 0 Å². The average molecular weight is 474 g/mol. The van der Waals surface area contributed by atoms with Gasteiger partial charge in [0.2, 0.25) is 21.8 Å². The van der Waals surface area contributed by atoms with E-state index in [4.69, 9.17) is 0 Å². The number of amides is 2. The lowest BCUT2D eigenvalue weighted by molar-refractivity contribution is -0.140. The van der Waals surface area contributed by atoms with Crippen molar-refractivity contribution in [2.75, 3.05) is 17.1 Å². The smallest absolute Gasteiger partial charge is 0.244 e. The largest absolute Gasteiger partial charge is 0.352 e. The van der Waals surface area contributed by atoms with Gasteiger partial charge in [-0.05, 0) is 44.4 Å². The highest BCUT2D eigenvalue weighted by Crippen LogP contribution is 2.19. The number of carbonyl (C=O) groups is 2. The van der Waals surface area contributed by atoms with E-state index in [1.54, 1.807) is 30.3 Å². The van der Waals surface area contributed by atoms with Crippen molar-refractivity contribution in [1.29, 1.82) is 0 Å². The van der Waals surface area contributed by atoms with Crippen LogP contribution >= 0.6 is 0 Å². The van der Waals surface area contributed by atoms with Gasteiger partial charge in [0, 0.05) is 12.6 Å². The number of benzene rings is 2. The van der Waals surface area contributed by atoms with Crippen molar-refractivity contribution in [3.8, 4) is 0 Å². The van der Waals surface area contributed by atoms with Gasteiger partial charge in [-0.3, -0.25) is 13.9 Å². The second kappa shape index (κ2) is 11.8. The van der Waals surface area contributed by atoms with Gasteiger partial charge in [-0.1, -0.05) is 61.9 Å². The monoisotopic (exact) mass is 473 g/mol. The molecule has 0 aliphatic rings. The fraction of sp³-hybridized carbons (Fsp3) is 0.440. The highest BCUT2D eigenvalue weighted by Gasteiger charge is 2.32. The molecule has 0 aromatic heterocycles. The molecule has 0 heterocycles. The molecule has 180 valence electrons. The summed E-state index contributed by atoms with van der Waals surface area (Å²) in [4.78, 5) is 28.1. The van der Waals surface area contributed by atoms with Crippen molar-refractivity contribution < 1.29 is 18.0 Å². The van der Waals surface area contributed by atoms with Gasteiger partial charge in [-0.2, -0.15) is 0 Å². The van der Waals surface area contributed by atoms with E-state index in [0.717, 1.165) is 28.1 Å². The molecule has 1 N–H and O–H groups in total. The molecule has 2 aromatic carbocycles. The SMILES string of the molecule is CC[C@@H](C)NC(=O)[C@@H](CC)N(Cc1ccc(C)cc1)C(=O)CN(c1ccccc1)S(C)(=O)=O. The molecule has 0 bridgehead atoms. The Balaban J connectivity index is 2.40. The number of rotatable bonds is 11. The second-order valence-corrected chi connectivity index (χ2v) is 10.3. The lowest BCUT2D eigenvalue weighted by atomic mass is 10.1. The van der Waals surface area contributed by atoms with Crippen molar-refractivity contribution in [3.63, 3.8) is 0 Å². The highest BCUT2D eigenvalue weighted by molar-refractivity contribution is 7.92. The zero-order valence-corrected chi connectivity index (χ0v) is 20.9. The van der Waals surface area contributed by atoms with E-state index in [9.17, 15) is 18.0 Å². The summed E-state index contributed by atoms with van der Waals surface area (Å²) in [6.45, 7) is 7.54. The Morgan fingerprint density at radius 3 is 2.09 bits per heavy atom. The number of anilines is 1. The van der Waals surface area contributed by atoms with Gasteiger partial charge in [-0.25, -0.2) is 8.42 Å². The van der Waals surface area contributed by atoms with Crippen molar-refractivity contribution in [2.45, 2.75) is 59.2 Å². The van der Waals surface area contributed by atoms with Crippen molar-refractivity contribution in [2.24, 2.45) is 0 Å². The number of para-hydroxylation sites is 1. The Labute approximate surface area is 197 Å². The molecular weight excluding hydrogens is 438 g/mol. The van der Waals surface area contributed by atoms with E-state index >= 15 is 0 Å². The predicted molar refractivity (Wildman–Crippen MR) is 132 cm³/mol. The lowest BCUT2D eigenvalue weighted by Crippen LogP contribution is -2.53. The molecule has 2 rings (SSSR count). The normalized spacial score (nSPS) is 13.1. The first-order valence-corrected chi connectivity index (χ1v) is 13.1. The van der Waals surface area contributed by atoms with Crippen LogP contribution in [0.1, 0.15) is 44.7 Å². The fourth-order valence-electron chi connectivity index (χ4n) is 3.46. The number of carbonyl (C=O) groups excluding carboxylic acids is 2. The Kier molecular flexibility index (Phi) is 9.46. The summed E-state index contributed by atoms with van der Waals surface area (Å²) in [6.07, 6.45) is 2.25. The zero-order valence-electron chi connectivity index (χ0n) is 20.1. The summed E-state index contributed by atoms with van der Waals surface area (Å²) in [5, 5.41) is 2.96. The van der Waals surface area contributed by atoms with Crippen molar-refractivity contribution in [3.05, 3.63) is 65.7 Å². The van der Waals surface area contributed by atoms with Gasteiger partial charge in [0.15, 0.2) is 0 Å². The standard InChI is InChI=1S/C25H35N3O4S/c1-6-20(4)26-25(30)23(7-2)27(17-21-15-13-19(3)14-16-21)24(29)18-28(33(5,31)32)22-11-9-8-10-12-22/h8-16,20,23H,6-7,17-18H2,1-5H3,(H,26,30)/t20-,23-/m1/s1. The molecule has 0 saturated carbocycles. The van der Waals surface area contributed by atoms with Crippen LogP contribution in [0.5, 0.6) is 0 Å². The van der Waals surface area contributed by atoms with Gasteiger partial charge in [0.1, 0.15) is 12.6 Å².